The molecule has 4 N–H and O–H groups in total. The minimum absolute atomic E-state index is 0.000602. The molecule has 0 bridgehead atoms. The first kappa shape index (κ1) is 14.8. The summed E-state index contributed by atoms with van der Waals surface area (Å²) in [4.78, 5) is 22.9. The van der Waals surface area contributed by atoms with E-state index < -0.39 is 16.9 Å². The molecule has 0 aliphatic carbocycles. The lowest BCUT2D eigenvalue weighted by molar-refractivity contribution is -0.133. The fraction of sp³-hybridized carbons (Fsp3) is 0.778. The van der Waals surface area contributed by atoms with Gasteiger partial charge in [-0.05, 0) is 13.8 Å². The summed E-state index contributed by atoms with van der Waals surface area (Å²) in [6, 6.07) is 0. The van der Waals surface area contributed by atoms with Gasteiger partial charge in [0, 0.05) is 17.9 Å². The van der Waals surface area contributed by atoms with E-state index in [1.165, 1.54) is 0 Å². The van der Waals surface area contributed by atoms with Crippen LogP contribution in [-0.2, 0) is 9.59 Å². The number of primary amides is 1. The molecule has 0 aliphatic rings. The third-order valence-corrected chi connectivity index (χ3v) is 3.81. The molecule has 0 aliphatic heterocycles. The van der Waals surface area contributed by atoms with Crippen LogP contribution in [0.5, 0.6) is 0 Å². The molecule has 0 heterocycles. The van der Waals surface area contributed by atoms with Crippen LogP contribution in [0.4, 0.5) is 0 Å². The molecule has 0 rings (SSSR count). The van der Waals surface area contributed by atoms with Crippen molar-refractivity contribution in [2.45, 2.75) is 25.8 Å². The number of hydrogen-bond acceptors (Lipinski definition) is 5. The first-order chi connectivity index (χ1) is 6.69. The van der Waals surface area contributed by atoms with Crippen molar-refractivity contribution in [1.82, 2.24) is 0 Å². The van der Waals surface area contributed by atoms with Crippen molar-refractivity contribution in [3.05, 3.63) is 0 Å². The lowest BCUT2D eigenvalue weighted by Crippen LogP contribution is -2.50. The van der Waals surface area contributed by atoms with Crippen molar-refractivity contribution in [3.63, 3.8) is 0 Å². The lowest BCUT2D eigenvalue weighted by Gasteiger charge is -2.28. The van der Waals surface area contributed by atoms with Crippen LogP contribution < -0.4 is 11.5 Å². The summed E-state index contributed by atoms with van der Waals surface area (Å²) in [6.45, 7) is 3.19. The van der Waals surface area contributed by atoms with Crippen LogP contribution in [0.3, 0.4) is 0 Å². The molecule has 0 unspecified atom stereocenters. The number of carbonyl (C=O) groups is 2. The van der Waals surface area contributed by atoms with Crippen LogP contribution >= 0.6 is 25.3 Å². The van der Waals surface area contributed by atoms with Crippen LogP contribution in [-0.4, -0.2) is 28.7 Å². The van der Waals surface area contributed by atoms with E-state index in [0.29, 0.717) is 0 Å². The Kier molecular flexibility index (Phi) is 5.16. The Labute approximate surface area is 101 Å². The summed E-state index contributed by atoms with van der Waals surface area (Å²) >= 11 is 8.02. The highest BCUT2D eigenvalue weighted by atomic mass is 32.1. The van der Waals surface area contributed by atoms with Crippen molar-refractivity contribution in [3.8, 4) is 0 Å². The first-order valence-corrected chi connectivity index (χ1v) is 5.80. The third kappa shape index (κ3) is 3.70. The largest absolute Gasteiger partial charge is 0.369 e. The van der Waals surface area contributed by atoms with Gasteiger partial charge < -0.3 is 11.5 Å². The molecule has 0 radical (unpaired) electrons. The Bertz CT molecular complexity index is 269. The number of hydrogen-bond donors (Lipinski definition) is 4. The maximum absolute atomic E-state index is 11.8. The van der Waals surface area contributed by atoms with Crippen molar-refractivity contribution < 1.29 is 9.59 Å². The Hall–Kier alpha value is -0.200. The van der Waals surface area contributed by atoms with E-state index in [-0.39, 0.29) is 23.7 Å². The van der Waals surface area contributed by atoms with E-state index in [2.05, 4.69) is 25.3 Å². The smallest absolute Gasteiger partial charge is 0.224 e. The summed E-state index contributed by atoms with van der Waals surface area (Å²) in [6.07, 6.45) is -0.000602. The van der Waals surface area contributed by atoms with Gasteiger partial charge >= 0.3 is 0 Å². The number of Topliss-reactive ketones (excluding diaryl/α,β-unsaturated/α-hetero) is 1. The van der Waals surface area contributed by atoms with Gasteiger partial charge in [0.25, 0.3) is 0 Å². The molecule has 4 nitrogen and oxygen atoms in total. The maximum atomic E-state index is 11.8. The molecule has 0 aromatic rings. The summed E-state index contributed by atoms with van der Waals surface area (Å²) in [5.41, 5.74) is 8.97. The Morgan fingerprint density at radius 2 is 1.67 bits per heavy atom. The second-order valence-corrected chi connectivity index (χ2v) is 4.89. The molecular weight excluding hydrogens is 232 g/mol. The lowest BCUT2D eigenvalue weighted by atomic mass is 9.81. The molecule has 88 valence electrons. The van der Waals surface area contributed by atoms with Gasteiger partial charge in [-0.25, -0.2) is 0 Å². The summed E-state index contributed by atoms with van der Waals surface area (Å²) in [7, 11) is 0. The van der Waals surface area contributed by atoms with E-state index in [9.17, 15) is 9.59 Å². The fourth-order valence-corrected chi connectivity index (χ4v) is 1.31. The topological polar surface area (TPSA) is 86.2 Å². The SMILES string of the molecule is C[C@](CS)(CC(=O)[C@@](C)(N)CS)C(N)=O. The third-order valence-electron chi connectivity index (χ3n) is 2.46. The van der Waals surface area contributed by atoms with Crippen molar-refractivity contribution in [2.75, 3.05) is 11.5 Å². The zero-order chi connectivity index (χ0) is 12.3. The highest BCUT2D eigenvalue weighted by Gasteiger charge is 2.37. The molecule has 0 spiro atoms. The van der Waals surface area contributed by atoms with Crippen molar-refractivity contribution >= 4 is 36.9 Å². The molecule has 6 heteroatoms. The predicted octanol–water partition coefficient (Wildman–Crippen LogP) is 0.0142. The number of carbonyl (C=O) groups excluding carboxylic acids is 2. The van der Waals surface area contributed by atoms with Crippen molar-refractivity contribution in [2.24, 2.45) is 16.9 Å². The van der Waals surface area contributed by atoms with Gasteiger partial charge in [-0.3, -0.25) is 9.59 Å². The standard InChI is InChI=1S/C9H18N2O2S2/c1-8(4-14,7(10)13)3-6(12)9(2,11)5-15/h14-15H,3-5,11H2,1-2H3,(H2,10,13)/t8-,9+/m1/s1. The average Bonchev–Trinajstić information content (AvgIpc) is 2.17. The number of amides is 1. The highest BCUT2D eigenvalue weighted by molar-refractivity contribution is 7.80. The molecule has 0 saturated heterocycles. The van der Waals surface area contributed by atoms with Gasteiger partial charge in [-0.2, -0.15) is 25.3 Å². The highest BCUT2D eigenvalue weighted by Crippen LogP contribution is 2.25. The zero-order valence-corrected chi connectivity index (χ0v) is 10.8. The number of thiol groups is 2. The van der Waals surface area contributed by atoms with Gasteiger partial charge in [0.05, 0.1) is 11.0 Å². The number of ketones is 1. The van der Waals surface area contributed by atoms with E-state index >= 15 is 0 Å². The summed E-state index contributed by atoms with van der Waals surface area (Å²) in [5.74, 6) is -0.321. The van der Waals surface area contributed by atoms with Crippen LogP contribution in [0.25, 0.3) is 0 Å². The second kappa shape index (κ2) is 5.23. The van der Waals surface area contributed by atoms with Crippen LogP contribution in [0.1, 0.15) is 20.3 Å². The van der Waals surface area contributed by atoms with Crippen LogP contribution in [0.15, 0.2) is 0 Å². The average molecular weight is 250 g/mol. The van der Waals surface area contributed by atoms with Gasteiger partial charge in [0.15, 0.2) is 5.78 Å². The molecule has 2 atom stereocenters. The molecule has 0 fully saturated rings. The Morgan fingerprint density at radius 1 is 1.20 bits per heavy atom. The van der Waals surface area contributed by atoms with E-state index in [1.807, 2.05) is 0 Å². The summed E-state index contributed by atoms with van der Waals surface area (Å²) in [5, 5.41) is 0. The number of rotatable bonds is 6. The number of nitrogens with two attached hydrogens (primary N) is 2. The van der Waals surface area contributed by atoms with Crippen LogP contribution in [0.2, 0.25) is 0 Å². The van der Waals surface area contributed by atoms with E-state index in [4.69, 9.17) is 11.5 Å². The van der Waals surface area contributed by atoms with E-state index in [0.717, 1.165) is 0 Å². The Balaban J connectivity index is 4.72. The Morgan fingerprint density at radius 3 is 1.93 bits per heavy atom. The van der Waals surface area contributed by atoms with Gasteiger partial charge in [0.1, 0.15) is 0 Å². The molecule has 0 aromatic heterocycles. The van der Waals surface area contributed by atoms with Crippen LogP contribution in [0, 0.1) is 5.41 Å². The normalized spacial score (nSPS) is 19.0. The minimum Gasteiger partial charge on any atom is -0.369 e. The van der Waals surface area contributed by atoms with E-state index in [1.54, 1.807) is 13.8 Å². The minimum atomic E-state index is -1.03. The van der Waals surface area contributed by atoms with Gasteiger partial charge in [-0.1, -0.05) is 0 Å². The van der Waals surface area contributed by atoms with Gasteiger partial charge in [0.2, 0.25) is 5.91 Å². The monoisotopic (exact) mass is 250 g/mol. The predicted molar refractivity (Wildman–Crippen MR) is 67.2 cm³/mol. The van der Waals surface area contributed by atoms with Gasteiger partial charge in [-0.15, -0.1) is 0 Å². The van der Waals surface area contributed by atoms with Crippen molar-refractivity contribution in [1.29, 1.82) is 0 Å². The molecular formula is C9H18N2O2S2. The quantitative estimate of drug-likeness (QED) is 0.501. The second-order valence-electron chi connectivity index (χ2n) is 4.26. The molecule has 0 saturated carbocycles. The molecule has 15 heavy (non-hydrogen) atoms. The molecule has 1 amide bonds. The maximum Gasteiger partial charge on any atom is 0.224 e. The molecule has 0 aromatic carbocycles. The zero-order valence-electron chi connectivity index (χ0n) is 8.99. The summed E-state index contributed by atoms with van der Waals surface area (Å²) < 4.78 is 0. The fourth-order valence-electron chi connectivity index (χ4n) is 0.865. The first-order valence-electron chi connectivity index (χ1n) is 4.53.